The number of fused-ring (bicyclic) bond motifs is 1. The molecule has 0 unspecified atom stereocenters. The Morgan fingerprint density at radius 1 is 1.08 bits per heavy atom. The van der Waals surface area contributed by atoms with E-state index < -0.39 is 0 Å². The summed E-state index contributed by atoms with van der Waals surface area (Å²) in [6.45, 7) is 2.87. The topological polar surface area (TPSA) is 66.5 Å². The number of nitrogens with zero attached hydrogens (tertiary/aromatic N) is 1. The van der Waals surface area contributed by atoms with Crippen molar-refractivity contribution in [3.8, 4) is 11.5 Å². The number of benzene rings is 1. The lowest BCUT2D eigenvalue weighted by Gasteiger charge is -2.27. The lowest BCUT2D eigenvalue weighted by molar-refractivity contribution is -0.147. The van der Waals surface area contributed by atoms with E-state index in [0.29, 0.717) is 38.7 Å². The summed E-state index contributed by atoms with van der Waals surface area (Å²) in [5.41, 5.74) is 0.976. The van der Waals surface area contributed by atoms with E-state index in [1.54, 1.807) is 4.90 Å². The van der Waals surface area contributed by atoms with Gasteiger partial charge in [0.2, 0.25) is 6.79 Å². The van der Waals surface area contributed by atoms with E-state index in [-0.39, 0.29) is 25.1 Å². The molecule has 0 saturated carbocycles. The van der Waals surface area contributed by atoms with Crippen LogP contribution in [0.5, 0.6) is 11.5 Å². The van der Waals surface area contributed by atoms with E-state index >= 15 is 0 Å². The first-order valence-electron chi connectivity index (χ1n) is 8.32. The summed E-state index contributed by atoms with van der Waals surface area (Å²) < 4.78 is 27.3. The highest BCUT2D eigenvalue weighted by molar-refractivity contribution is 5.81. The molecule has 3 aliphatic heterocycles. The summed E-state index contributed by atoms with van der Waals surface area (Å²) in [5, 5.41) is 0. The van der Waals surface area contributed by atoms with Crippen molar-refractivity contribution in [2.45, 2.75) is 31.8 Å². The number of carbonyl (C=O) groups excluding carboxylic acids is 1. The second kappa shape index (κ2) is 6.96. The van der Waals surface area contributed by atoms with Gasteiger partial charge in [-0.1, -0.05) is 6.07 Å². The van der Waals surface area contributed by atoms with Gasteiger partial charge in [0, 0.05) is 13.2 Å². The Labute approximate surface area is 140 Å². The average molecular weight is 335 g/mol. The van der Waals surface area contributed by atoms with Crippen LogP contribution in [0.1, 0.15) is 18.4 Å². The lowest BCUT2D eigenvalue weighted by atomic mass is 10.1. The average Bonchev–Trinajstić information content (AvgIpc) is 3.34. The van der Waals surface area contributed by atoms with E-state index in [0.717, 1.165) is 24.2 Å². The number of ether oxygens (including phenoxy) is 5. The van der Waals surface area contributed by atoms with Crippen LogP contribution >= 0.6 is 0 Å². The Morgan fingerprint density at radius 3 is 2.71 bits per heavy atom. The first kappa shape index (κ1) is 15.7. The van der Waals surface area contributed by atoms with Gasteiger partial charge in [0.05, 0.1) is 19.8 Å². The van der Waals surface area contributed by atoms with Crippen LogP contribution < -0.4 is 9.47 Å². The summed E-state index contributed by atoms with van der Waals surface area (Å²) in [6, 6.07) is 5.73. The molecule has 24 heavy (non-hydrogen) atoms. The predicted molar refractivity (Wildman–Crippen MR) is 82.6 cm³/mol. The molecule has 7 nitrogen and oxygen atoms in total. The Hall–Kier alpha value is -1.83. The maximum atomic E-state index is 12.8. The smallest absolute Gasteiger partial charge is 0.252 e. The molecule has 1 atom stereocenters. The predicted octanol–water partition coefficient (Wildman–Crippen LogP) is 1.30. The van der Waals surface area contributed by atoms with Crippen LogP contribution in [0.2, 0.25) is 0 Å². The summed E-state index contributed by atoms with van der Waals surface area (Å²) in [4.78, 5) is 14.6. The number of amides is 1. The largest absolute Gasteiger partial charge is 0.454 e. The number of hydrogen-bond donors (Lipinski definition) is 0. The molecule has 2 fully saturated rings. The maximum Gasteiger partial charge on any atom is 0.252 e. The van der Waals surface area contributed by atoms with Gasteiger partial charge in [0.1, 0.15) is 6.10 Å². The third-order valence-electron chi connectivity index (χ3n) is 4.39. The van der Waals surface area contributed by atoms with Gasteiger partial charge in [-0.2, -0.15) is 0 Å². The molecule has 3 aliphatic rings. The Morgan fingerprint density at radius 2 is 1.92 bits per heavy atom. The van der Waals surface area contributed by atoms with Crippen molar-refractivity contribution in [2.24, 2.45) is 0 Å². The fourth-order valence-corrected chi connectivity index (χ4v) is 3.16. The molecule has 0 spiro atoms. The highest BCUT2D eigenvalue weighted by Gasteiger charge is 2.31. The molecule has 0 aromatic heterocycles. The molecule has 0 radical (unpaired) electrons. The van der Waals surface area contributed by atoms with Gasteiger partial charge in [-0.15, -0.1) is 0 Å². The zero-order valence-electron chi connectivity index (χ0n) is 13.4. The van der Waals surface area contributed by atoms with Crippen LogP contribution in [0.25, 0.3) is 0 Å². The standard InChI is InChI=1S/C17H21NO6/c19-17(14-2-1-5-20-14)18(10-16-21-6-7-22-16)9-12-3-4-13-15(8-12)24-11-23-13/h3-4,8,14,16H,1-2,5-7,9-11H2/t14-/m1/s1. The Kier molecular flexibility index (Phi) is 4.55. The molecule has 1 amide bonds. The van der Waals surface area contributed by atoms with E-state index in [1.165, 1.54) is 0 Å². The van der Waals surface area contributed by atoms with E-state index in [9.17, 15) is 4.79 Å². The Bertz CT molecular complexity index is 595. The summed E-state index contributed by atoms with van der Waals surface area (Å²) in [5.74, 6) is 1.44. The molecule has 3 heterocycles. The van der Waals surface area contributed by atoms with Crippen molar-refractivity contribution in [1.82, 2.24) is 4.90 Å². The second-order valence-corrected chi connectivity index (χ2v) is 6.08. The van der Waals surface area contributed by atoms with Gasteiger partial charge in [0.25, 0.3) is 5.91 Å². The number of carbonyl (C=O) groups is 1. The normalized spacial score (nSPS) is 22.9. The minimum absolute atomic E-state index is 0.00994. The minimum atomic E-state index is -0.371. The molecule has 0 N–H and O–H groups in total. The second-order valence-electron chi connectivity index (χ2n) is 6.08. The molecular weight excluding hydrogens is 314 g/mol. The SMILES string of the molecule is O=C([C@H]1CCCO1)N(Cc1ccc2c(c1)OCO2)CC1OCCO1. The highest BCUT2D eigenvalue weighted by atomic mass is 16.7. The molecular formula is C17H21NO6. The lowest BCUT2D eigenvalue weighted by Crippen LogP contribution is -2.42. The van der Waals surface area contributed by atoms with Gasteiger partial charge in [-0.25, -0.2) is 0 Å². The minimum Gasteiger partial charge on any atom is -0.454 e. The van der Waals surface area contributed by atoms with Crippen LogP contribution in [0.4, 0.5) is 0 Å². The van der Waals surface area contributed by atoms with Crippen LogP contribution in [0.3, 0.4) is 0 Å². The van der Waals surface area contributed by atoms with Crippen LogP contribution in [0, 0.1) is 0 Å². The molecule has 4 rings (SSSR count). The molecule has 0 bridgehead atoms. The van der Waals surface area contributed by atoms with Crippen LogP contribution in [-0.2, 0) is 25.5 Å². The molecule has 130 valence electrons. The van der Waals surface area contributed by atoms with E-state index in [1.807, 2.05) is 18.2 Å². The monoisotopic (exact) mass is 335 g/mol. The molecule has 1 aromatic rings. The fraction of sp³-hybridized carbons (Fsp3) is 0.588. The molecule has 1 aromatic carbocycles. The Balaban J connectivity index is 1.49. The quantitative estimate of drug-likeness (QED) is 0.808. The van der Waals surface area contributed by atoms with E-state index in [4.69, 9.17) is 23.7 Å². The summed E-state index contributed by atoms with van der Waals surface area (Å²) >= 11 is 0. The molecule has 7 heteroatoms. The number of hydrogen-bond acceptors (Lipinski definition) is 6. The van der Waals surface area contributed by atoms with Gasteiger partial charge in [0.15, 0.2) is 17.8 Å². The van der Waals surface area contributed by atoms with Crippen molar-refractivity contribution >= 4 is 5.91 Å². The number of rotatable bonds is 5. The summed E-state index contributed by atoms with van der Waals surface area (Å²) in [6.07, 6.45) is 0.956. The summed E-state index contributed by atoms with van der Waals surface area (Å²) in [7, 11) is 0. The fourth-order valence-electron chi connectivity index (χ4n) is 3.16. The van der Waals surface area contributed by atoms with Crippen molar-refractivity contribution in [3.63, 3.8) is 0 Å². The first-order valence-corrected chi connectivity index (χ1v) is 8.32. The maximum absolute atomic E-state index is 12.8. The molecule has 2 saturated heterocycles. The highest BCUT2D eigenvalue weighted by Crippen LogP contribution is 2.33. The van der Waals surface area contributed by atoms with Crippen molar-refractivity contribution in [2.75, 3.05) is 33.2 Å². The molecule has 0 aliphatic carbocycles. The van der Waals surface area contributed by atoms with Crippen molar-refractivity contribution in [1.29, 1.82) is 0 Å². The van der Waals surface area contributed by atoms with Gasteiger partial charge in [-0.3, -0.25) is 4.79 Å². The third kappa shape index (κ3) is 3.33. The van der Waals surface area contributed by atoms with Crippen molar-refractivity contribution in [3.05, 3.63) is 23.8 Å². The van der Waals surface area contributed by atoms with Crippen LogP contribution in [0.15, 0.2) is 18.2 Å². The zero-order chi connectivity index (χ0) is 16.4. The van der Waals surface area contributed by atoms with Gasteiger partial charge in [-0.05, 0) is 30.5 Å². The van der Waals surface area contributed by atoms with E-state index in [2.05, 4.69) is 0 Å². The third-order valence-corrected chi connectivity index (χ3v) is 4.39. The zero-order valence-corrected chi connectivity index (χ0v) is 13.4. The van der Waals surface area contributed by atoms with Gasteiger partial charge < -0.3 is 28.6 Å². The van der Waals surface area contributed by atoms with Crippen molar-refractivity contribution < 1.29 is 28.5 Å². The van der Waals surface area contributed by atoms with Gasteiger partial charge >= 0.3 is 0 Å². The van der Waals surface area contributed by atoms with Crippen LogP contribution in [-0.4, -0.2) is 56.4 Å². The first-order chi connectivity index (χ1) is 11.8.